The van der Waals surface area contributed by atoms with Crippen molar-refractivity contribution in [3.8, 4) is 0 Å². The fourth-order valence-corrected chi connectivity index (χ4v) is 3.57. The number of thiazole rings is 1. The molecule has 1 atom stereocenters. The highest BCUT2D eigenvalue weighted by Gasteiger charge is 2.29. The summed E-state index contributed by atoms with van der Waals surface area (Å²) in [6.07, 6.45) is 6.05. The van der Waals surface area contributed by atoms with E-state index in [1.54, 1.807) is 11.3 Å². The van der Waals surface area contributed by atoms with Gasteiger partial charge >= 0.3 is 0 Å². The minimum absolute atomic E-state index is 0.0608. The van der Waals surface area contributed by atoms with Crippen LogP contribution in [0.4, 0.5) is 5.69 Å². The largest absolute Gasteiger partial charge is 0.349 e. The molecule has 4 rings (SSSR count). The van der Waals surface area contributed by atoms with Crippen LogP contribution in [0, 0.1) is 5.92 Å². The predicted octanol–water partition coefficient (Wildman–Crippen LogP) is 3.16. The Balaban J connectivity index is 1.32. The summed E-state index contributed by atoms with van der Waals surface area (Å²) in [6, 6.07) is 7.50. The number of carbonyl (C=O) groups is 2. The van der Waals surface area contributed by atoms with Crippen molar-refractivity contribution in [2.24, 2.45) is 5.92 Å². The maximum atomic E-state index is 12.3. The molecule has 2 amide bonds. The number of aromatic nitrogens is 2. The molecule has 1 aromatic carbocycles. The van der Waals surface area contributed by atoms with E-state index in [1.165, 1.54) is 0 Å². The van der Waals surface area contributed by atoms with Crippen molar-refractivity contribution in [1.29, 1.82) is 0 Å². The zero-order valence-electron chi connectivity index (χ0n) is 14.4. The summed E-state index contributed by atoms with van der Waals surface area (Å²) in [7, 11) is 0. The molecule has 7 heteroatoms. The molecule has 1 unspecified atom stereocenters. The van der Waals surface area contributed by atoms with E-state index in [4.69, 9.17) is 0 Å². The SMILES string of the molecule is CC(NC(=O)Cc1cn2ccsc2n1)c1ccc(NC(=O)C2CC2)cc1. The molecule has 26 heavy (non-hydrogen) atoms. The molecule has 0 aliphatic heterocycles. The number of hydrogen-bond donors (Lipinski definition) is 2. The van der Waals surface area contributed by atoms with E-state index in [0.29, 0.717) is 0 Å². The lowest BCUT2D eigenvalue weighted by atomic mass is 10.1. The van der Waals surface area contributed by atoms with Crippen LogP contribution < -0.4 is 10.6 Å². The van der Waals surface area contributed by atoms with Crippen molar-refractivity contribution >= 4 is 33.8 Å². The molecule has 2 N–H and O–H groups in total. The zero-order chi connectivity index (χ0) is 18.1. The Morgan fingerprint density at radius 3 is 2.77 bits per heavy atom. The average molecular weight is 368 g/mol. The number of carbonyl (C=O) groups excluding carboxylic acids is 2. The minimum atomic E-state index is -0.112. The highest BCUT2D eigenvalue weighted by molar-refractivity contribution is 7.15. The topological polar surface area (TPSA) is 75.5 Å². The van der Waals surface area contributed by atoms with Crippen LogP contribution >= 0.6 is 11.3 Å². The van der Waals surface area contributed by atoms with Gasteiger partial charge in [-0.3, -0.25) is 14.0 Å². The van der Waals surface area contributed by atoms with Crippen LogP contribution in [0.2, 0.25) is 0 Å². The average Bonchev–Trinajstić information content (AvgIpc) is 3.27. The summed E-state index contributed by atoms with van der Waals surface area (Å²) >= 11 is 1.55. The van der Waals surface area contributed by atoms with E-state index in [9.17, 15) is 9.59 Å². The van der Waals surface area contributed by atoms with E-state index >= 15 is 0 Å². The Hall–Kier alpha value is -2.67. The van der Waals surface area contributed by atoms with Crippen molar-refractivity contribution in [3.05, 3.63) is 53.3 Å². The molecule has 2 heterocycles. The van der Waals surface area contributed by atoms with E-state index in [-0.39, 0.29) is 30.2 Å². The van der Waals surface area contributed by atoms with Crippen LogP contribution in [0.15, 0.2) is 42.0 Å². The number of fused-ring (bicyclic) bond motifs is 1. The molecular weight excluding hydrogens is 348 g/mol. The summed E-state index contributed by atoms with van der Waals surface area (Å²) in [4.78, 5) is 29.4. The first-order chi connectivity index (χ1) is 12.6. The van der Waals surface area contributed by atoms with Gasteiger partial charge in [0.2, 0.25) is 11.8 Å². The van der Waals surface area contributed by atoms with Crippen molar-refractivity contribution in [2.75, 3.05) is 5.32 Å². The first-order valence-corrected chi connectivity index (χ1v) is 9.58. The van der Waals surface area contributed by atoms with Crippen LogP contribution in [-0.4, -0.2) is 21.2 Å². The third-order valence-electron chi connectivity index (χ3n) is 4.49. The molecule has 1 saturated carbocycles. The summed E-state index contributed by atoms with van der Waals surface area (Å²) in [5.74, 6) is 0.222. The van der Waals surface area contributed by atoms with E-state index in [1.807, 2.05) is 53.4 Å². The van der Waals surface area contributed by atoms with Gasteiger partial charge in [-0.1, -0.05) is 12.1 Å². The van der Waals surface area contributed by atoms with Crippen LogP contribution in [0.5, 0.6) is 0 Å². The van der Waals surface area contributed by atoms with Gasteiger partial charge in [0.15, 0.2) is 4.96 Å². The lowest BCUT2D eigenvalue weighted by Crippen LogP contribution is -2.28. The third kappa shape index (κ3) is 3.77. The molecule has 0 spiro atoms. The van der Waals surface area contributed by atoms with Gasteiger partial charge in [-0.2, -0.15) is 0 Å². The van der Waals surface area contributed by atoms with Crippen molar-refractivity contribution < 1.29 is 9.59 Å². The molecule has 1 aliphatic rings. The van der Waals surface area contributed by atoms with Crippen molar-refractivity contribution in [2.45, 2.75) is 32.2 Å². The molecule has 0 saturated heterocycles. The molecule has 6 nitrogen and oxygen atoms in total. The second-order valence-electron chi connectivity index (χ2n) is 6.68. The van der Waals surface area contributed by atoms with E-state index < -0.39 is 0 Å². The normalized spacial score (nSPS) is 15.0. The van der Waals surface area contributed by atoms with Crippen LogP contribution in [0.3, 0.4) is 0 Å². The number of rotatable bonds is 6. The maximum absolute atomic E-state index is 12.3. The van der Waals surface area contributed by atoms with Gasteiger partial charge in [-0.15, -0.1) is 11.3 Å². The Bertz CT molecular complexity index is 912. The number of nitrogens with zero attached hydrogens (tertiary/aromatic N) is 2. The second-order valence-corrected chi connectivity index (χ2v) is 7.55. The second kappa shape index (κ2) is 6.92. The van der Waals surface area contributed by atoms with Crippen LogP contribution in [0.25, 0.3) is 4.96 Å². The standard InChI is InChI=1S/C19H20N4O2S/c1-12(13-4-6-15(7-5-13)21-18(25)14-2-3-14)20-17(24)10-16-11-23-8-9-26-19(23)22-16/h4-9,11-12,14H,2-3,10H2,1H3,(H,20,24)(H,21,25). The zero-order valence-corrected chi connectivity index (χ0v) is 15.3. The molecule has 1 fully saturated rings. The monoisotopic (exact) mass is 368 g/mol. The number of benzene rings is 1. The quantitative estimate of drug-likeness (QED) is 0.702. The Labute approximate surface area is 155 Å². The smallest absolute Gasteiger partial charge is 0.227 e. The van der Waals surface area contributed by atoms with Crippen LogP contribution in [-0.2, 0) is 16.0 Å². The van der Waals surface area contributed by atoms with Gasteiger partial charge in [-0.05, 0) is 37.5 Å². The van der Waals surface area contributed by atoms with E-state index in [2.05, 4.69) is 15.6 Å². The summed E-state index contributed by atoms with van der Waals surface area (Å²) in [6.45, 7) is 1.95. The molecule has 0 bridgehead atoms. The highest BCUT2D eigenvalue weighted by Crippen LogP contribution is 2.30. The van der Waals surface area contributed by atoms with Gasteiger partial charge in [0, 0.05) is 29.4 Å². The maximum Gasteiger partial charge on any atom is 0.227 e. The number of imidazole rings is 1. The van der Waals surface area contributed by atoms with Gasteiger partial charge in [0.1, 0.15) is 0 Å². The fourth-order valence-electron chi connectivity index (χ4n) is 2.85. The number of nitrogens with one attached hydrogen (secondary N) is 2. The minimum Gasteiger partial charge on any atom is -0.349 e. The molecule has 1 aliphatic carbocycles. The number of anilines is 1. The number of amides is 2. The first kappa shape index (κ1) is 16.8. The lowest BCUT2D eigenvalue weighted by Gasteiger charge is -2.14. The van der Waals surface area contributed by atoms with Crippen LogP contribution in [0.1, 0.15) is 37.1 Å². The molecule has 0 radical (unpaired) electrons. The summed E-state index contributed by atoms with van der Waals surface area (Å²) in [5, 5.41) is 7.88. The van der Waals surface area contributed by atoms with Gasteiger partial charge < -0.3 is 10.6 Å². The number of hydrogen-bond acceptors (Lipinski definition) is 4. The third-order valence-corrected chi connectivity index (χ3v) is 5.26. The van der Waals surface area contributed by atoms with Crippen molar-refractivity contribution in [3.63, 3.8) is 0 Å². The van der Waals surface area contributed by atoms with Crippen molar-refractivity contribution in [1.82, 2.24) is 14.7 Å². The Morgan fingerprint density at radius 2 is 2.08 bits per heavy atom. The predicted molar refractivity (Wildman–Crippen MR) is 101 cm³/mol. The summed E-state index contributed by atoms with van der Waals surface area (Å²) < 4.78 is 1.92. The van der Waals surface area contributed by atoms with E-state index in [0.717, 1.165) is 34.7 Å². The first-order valence-electron chi connectivity index (χ1n) is 8.70. The highest BCUT2D eigenvalue weighted by atomic mass is 32.1. The van der Waals surface area contributed by atoms with Gasteiger partial charge in [0.05, 0.1) is 18.2 Å². The molecule has 2 aromatic heterocycles. The molecular formula is C19H20N4O2S. The molecule has 3 aromatic rings. The molecule has 134 valence electrons. The Kier molecular flexibility index (Phi) is 4.46. The Morgan fingerprint density at radius 1 is 1.31 bits per heavy atom. The summed E-state index contributed by atoms with van der Waals surface area (Å²) in [5.41, 5.74) is 2.55. The fraction of sp³-hybridized carbons (Fsp3) is 0.316. The van der Waals surface area contributed by atoms with Gasteiger partial charge in [-0.25, -0.2) is 4.98 Å². The van der Waals surface area contributed by atoms with Gasteiger partial charge in [0.25, 0.3) is 0 Å². The lowest BCUT2D eigenvalue weighted by molar-refractivity contribution is -0.121.